The molecule has 2 aliphatic heterocycles. The molecular formula is C23H27N3O2. The van der Waals surface area contributed by atoms with Gasteiger partial charge in [0.05, 0.1) is 12.1 Å². The molecule has 4 rings (SSSR count). The first-order valence-corrected chi connectivity index (χ1v) is 9.82. The molecule has 5 heteroatoms. The molecule has 0 unspecified atom stereocenters. The summed E-state index contributed by atoms with van der Waals surface area (Å²) in [4.78, 5) is 31.8. The molecule has 28 heavy (non-hydrogen) atoms. The van der Waals surface area contributed by atoms with Crippen LogP contribution in [0.2, 0.25) is 0 Å². The second-order valence-corrected chi connectivity index (χ2v) is 8.25. The molecule has 1 spiro atoms. The Labute approximate surface area is 166 Å². The summed E-state index contributed by atoms with van der Waals surface area (Å²) in [6.45, 7) is 6.39. The van der Waals surface area contributed by atoms with Crippen molar-refractivity contribution in [3.05, 3.63) is 65.2 Å². The Morgan fingerprint density at radius 1 is 1.00 bits per heavy atom. The van der Waals surface area contributed by atoms with Crippen LogP contribution in [0.3, 0.4) is 0 Å². The Bertz CT molecular complexity index is 891. The first kappa shape index (κ1) is 18.7. The van der Waals surface area contributed by atoms with Crippen LogP contribution in [0.1, 0.15) is 27.9 Å². The summed E-state index contributed by atoms with van der Waals surface area (Å²) in [5, 5.41) is 0. The van der Waals surface area contributed by atoms with Crippen molar-refractivity contribution in [1.29, 1.82) is 0 Å². The number of carbonyl (C=O) groups is 2. The van der Waals surface area contributed by atoms with Gasteiger partial charge in [-0.05, 0) is 51.6 Å². The fraction of sp³-hybridized carbons (Fsp3) is 0.391. The number of nitrogens with zero attached hydrogens (tertiary/aromatic N) is 3. The molecule has 146 valence electrons. The largest absolute Gasteiger partial charge is 0.337 e. The van der Waals surface area contributed by atoms with Crippen molar-refractivity contribution in [2.24, 2.45) is 0 Å². The van der Waals surface area contributed by atoms with Crippen LogP contribution in [-0.4, -0.2) is 60.4 Å². The average Bonchev–Trinajstić information content (AvgIpc) is 3.09. The fourth-order valence-corrected chi connectivity index (χ4v) is 4.55. The molecule has 1 atom stereocenters. The number of aryl methyl sites for hydroxylation is 2. The van der Waals surface area contributed by atoms with E-state index in [0.717, 1.165) is 28.8 Å². The van der Waals surface area contributed by atoms with Crippen LogP contribution < -0.4 is 4.90 Å². The number of para-hydroxylation sites is 1. The topological polar surface area (TPSA) is 43.9 Å². The zero-order valence-corrected chi connectivity index (χ0v) is 16.8. The zero-order valence-electron chi connectivity index (χ0n) is 16.8. The minimum Gasteiger partial charge on any atom is -0.337 e. The number of amides is 2. The molecule has 0 N–H and O–H groups in total. The summed E-state index contributed by atoms with van der Waals surface area (Å²) < 4.78 is 0. The Hall–Kier alpha value is -2.66. The highest BCUT2D eigenvalue weighted by molar-refractivity contribution is 5.97. The summed E-state index contributed by atoms with van der Waals surface area (Å²) >= 11 is 0. The summed E-state index contributed by atoms with van der Waals surface area (Å²) in [6, 6.07) is 15.8. The third-order valence-corrected chi connectivity index (χ3v) is 6.09. The number of benzene rings is 2. The molecule has 2 heterocycles. The average molecular weight is 377 g/mol. The lowest BCUT2D eigenvalue weighted by atomic mass is 9.92. The number of likely N-dealkylation sites (tertiary alicyclic amines) is 1. The van der Waals surface area contributed by atoms with Gasteiger partial charge in [-0.15, -0.1) is 0 Å². The van der Waals surface area contributed by atoms with Gasteiger partial charge in [0, 0.05) is 30.9 Å². The predicted molar refractivity (Wildman–Crippen MR) is 111 cm³/mol. The number of hydrogen-bond donors (Lipinski definition) is 0. The maximum Gasteiger partial charge on any atom is 0.253 e. The minimum atomic E-state index is -0.196. The van der Waals surface area contributed by atoms with Crippen molar-refractivity contribution in [1.82, 2.24) is 9.80 Å². The molecule has 0 radical (unpaired) electrons. The number of anilines is 1. The van der Waals surface area contributed by atoms with Crippen molar-refractivity contribution < 1.29 is 9.59 Å². The van der Waals surface area contributed by atoms with E-state index in [0.29, 0.717) is 26.2 Å². The molecule has 2 aromatic carbocycles. The summed E-state index contributed by atoms with van der Waals surface area (Å²) in [6.07, 6.45) is 0.872. The van der Waals surface area contributed by atoms with E-state index >= 15 is 0 Å². The number of likely N-dealkylation sites (N-methyl/N-ethyl adjacent to an activating group) is 1. The van der Waals surface area contributed by atoms with Crippen LogP contribution in [0.4, 0.5) is 5.69 Å². The van der Waals surface area contributed by atoms with E-state index < -0.39 is 0 Å². The van der Waals surface area contributed by atoms with Crippen molar-refractivity contribution in [2.75, 3.05) is 38.1 Å². The maximum atomic E-state index is 13.1. The lowest BCUT2D eigenvalue weighted by Gasteiger charge is -2.46. The molecule has 2 saturated heterocycles. The van der Waals surface area contributed by atoms with Gasteiger partial charge in [-0.2, -0.15) is 0 Å². The van der Waals surface area contributed by atoms with Crippen LogP contribution in [0, 0.1) is 13.8 Å². The summed E-state index contributed by atoms with van der Waals surface area (Å²) in [7, 11) is 2.00. The second kappa shape index (κ2) is 7.06. The van der Waals surface area contributed by atoms with E-state index in [-0.39, 0.29) is 17.4 Å². The van der Waals surface area contributed by atoms with Crippen LogP contribution in [-0.2, 0) is 4.79 Å². The van der Waals surface area contributed by atoms with Gasteiger partial charge in [0.2, 0.25) is 5.91 Å². The van der Waals surface area contributed by atoms with Gasteiger partial charge in [0.15, 0.2) is 0 Å². The van der Waals surface area contributed by atoms with Crippen LogP contribution >= 0.6 is 0 Å². The van der Waals surface area contributed by atoms with Crippen molar-refractivity contribution in [3.63, 3.8) is 0 Å². The number of piperazine rings is 1. The van der Waals surface area contributed by atoms with Gasteiger partial charge in [-0.3, -0.25) is 14.5 Å². The molecule has 0 aliphatic carbocycles. The highest BCUT2D eigenvalue weighted by Crippen LogP contribution is 2.34. The SMILES string of the molecule is Cc1cc(C)cc(C(=O)N2CC[C@@]3(C2)CN(c2ccccc2)C(=O)CN3C)c1. The first-order chi connectivity index (χ1) is 13.4. The van der Waals surface area contributed by atoms with Gasteiger partial charge in [-0.25, -0.2) is 0 Å². The Morgan fingerprint density at radius 2 is 1.68 bits per heavy atom. The molecule has 2 fully saturated rings. The van der Waals surface area contributed by atoms with Crippen LogP contribution in [0.15, 0.2) is 48.5 Å². The third kappa shape index (κ3) is 3.31. The van der Waals surface area contributed by atoms with E-state index in [1.54, 1.807) is 0 Å². The Balaban J connectivity index is 1.57. The molecule has 2 amide bonds. The molecule has 0 aromatic heterocycles. The highest BCUT2D eigenvalue weighted by Gasteiger charge is 2.48. The van der Waals surface area contributed by atoms with E-state index in [2.05, 4.69) is 11.0 Å². The molecule has 2 aliphatic rings. The maximum absolute atomic E-state index is 13.1. The van der Waals surface area contributed by atoms with Gasteiger partial charge in [0.1, 0.15) is 0 Å². The predicted octanol–water partition coefficient (Wildman–Crippen LogP) is 2.87. The molecule has 0 bridgehead atoms. The Kier molecular flexibility index (Phi) is 4.71. The Morgan fingerprint density at radius 3 is 2.36 bits per heavy atom. The number of hydrogen-bond acceptors (Lipinski definition) is 3. The smallest absolute Gasteiger partial charge is 0.253 e. The molecule has 5 nitrogen and oxygen atoms in total. The highest BCUT2D eigenvalue weighted by atomic mass is 16.2. The van der Waals surface area contributed by atoms with E-state index in [4.69, 9.17) is 0 Å². The van der Waals surface area contributed by atoms with E-state index in [1.165, 1.54) is 0 Å². The lowest BCUT2D eigenvalue weighted by molar-refractivity contribution is -0.123. The summed E-state index contributed by atoms with van der Waals surface area (Å²) in [5.41, 5.74) is 3.70. The van der Waals surface area contributed by atoms with Crippen molar-refractivity contribution in [3.8, 4) is 0 Å². The second-order valence-electron chi connectivity index (χ2n) is 8.25. The van der Waals surface area contributed by atoms with E-state index in [9.17, 15) is 9.59 Å². The van der Waals surface area contributed by atoms with Crippen molar-refractivity contribution in [2.45, 2.75) is 25.8 Å². The first-order valence-electron chi connectivity index (χ1n) is 9.82. The molecule has 0 saturated carbocycles. The standard InChI is InChI=1S/C23H27N3O2/c1-17-11-18(2)13-19(12-17)22(28)25-10-9-23(15-25)16-26(21(27)14-24(23)3)20-7-5-4-6-8-20/h4-8,11-13H,9-10,14-16H2,1-3H3/t23-/m1/s1. The third-order valence-electron chi connectivity index (χ3n) is 6.09. The van der Waals surface area contributed by atoms with E-state index in [1.807, 2.05) is 73.2 Å². The van der Waals surface area contributed by atoms with Gasteiger partial charge >= 0.3 is 0 Å². The van der Waals surface area contributed by atoms with Gasteiger partial charge in [0.25, 0.3) is 5.91 Å². The fourth-order valence-electron chi connectivity index (χ4n) is 4.55. The quantitative estimate of drug-likeness (QED) is 0.808. The lowest BCUT2D eigenvalue weighted by Crippen LogP contribution is -2.64. The normalized spacial score (nSPS) is 22.9. The zero-order chi connectivity index (χ0) is 19.9. The number of carbonyl (C=O) groups excluding carboxylic acids is 2. The number of rotatable bonds is 2. The van der Waals surface area contributed by atoms with Gasteiger partial charge < -0.3 is 9.80 Å². The minimum absolute atomic E-state index is 0.0836. The van der Waals surface area contributed by atoms with Crippen molar-refractivity contribution >= 4 is 17.5 Å². The van der Waals surface area contributed by atoms with Gasteiger partial charge in [-0.1, -0.05) is 35.4 Å². The molecular weight excluding hydrogens is 350 g/mol. The summed E-state index contributed by atoms with van der Waals surface area (Å²) in [5.74, 6) is 0.193. The van der Waals surface area contributed by atoms with Crippen LogP contribution in [0.25, 0.3) is 0 Å². The van der Waals surface area contributed by atoms with Crippen LogP contribution in [0.5, 0.6) is 0 Å². The monoisotopic (exact) mass is 377 g/mol. The molecule has 2 aromatic rings.